The van der Waals surface area contributed by atoms with Gasteiger partial charge in [-0.3, -0.25) is 0 Å². The molecule has 6 heteroatoms. The van der Waals surface area contributed by atoms with Gasteiger partial charge in [0.15, 0.2) is 17.5 Å². The molecule has 0 fully saturated rings. The minimum absolute atomic E-state index is 0.599. The first kappa shape index (κ1) is 27.9. The summed E-state index contributed by atoms with van der Waals surface area (Å²) >= 11 is 0. The number of hydrogen-bond donors (Lipinski definition) is 0. The highest BCUT2D eigenvalue weighted by Crippen LogP contribution is 2.41. The molecule has 4 heterocycles. The minimum Gasteiger partial charge on any atom is -0.456 e. The highest BCUT2D eigenvalue weighted by Gasteiger charge is 2.20. The first-order valence-corrected chi connectivity index (χ1v) is 16.9. The summed E-state index contributed by atoms with van der Waals surface area (Å²) in [6, 6.07) is 53.9. The van der Waals surface area contributed by atoms with E-state index in [1.165, 1.54) is 10.8 Å². The minimum atomic E-state index is 0.599. The maximum atomic E-state index is 6.30. The third kappa shape index (κ3) is 4.26. The van der Waals surface area contributed by atoms with E-state index in [-0.39, 0.29) is 0 Å². The third-order valence-electron chi connectivity index (χ3n) is 9.84. The molecule has 6 nitrogen and oxygen atoms in total. The molecule has 0 spiro atoms. The van der Waals surface area contributed by atoms with Crippen LogP contribution in [0.2, 0.25) is 0 Å². The Bertz CT molecular complexity index is 3150. The van der Waals surface area contributed by atoms with Gasteiger partial charge in [0.1, 0.15) is 22.3 Å². The molecular weight excluding hydrogens is 629 g/mol. The summed E-state index contributed by atoms with van der Waals surface area (Å²) in [6.07, 6.45) is 0. The van der Waals surface area contributed by atoms with Gasteiger partial charge in [-0.05, 0) is 60.7 Å². The van der Waals surface area contributed by atoms with Crippen molar-refractivity contribution in [2.24, 2.45) is 0 Å². The Kier molecular flexibility index (Phi) is 5.86. The maximum Gasteiger partial charge on any atom is 0.164 e. The van der Waals surface area contributed by atoms with Gasteiger partial charge in [-0.25, -0.2) is 15.0 Å². The first-order valence-electron chi connectivity index (χ1n) is 16.9. The molecule has 0 amide bonds. The van der Waals surface area contributed by atoms with Crippen LogP contribution in [0.4, 0.5) is 0 Å². The fraction of sp³-hybridized carbons (Fsp3) is 0. The van der Waals surface area contributed by atoms with Crippen LogP contribution in [0, 0.1) is 0 Å². The molecule has 0 radical (unpaired) electrons. The van der Waals surface area contributed by atoms with Crippen molar-refractivity contribution in [1.29, 1.82) is 0 Å². The van der Waals surface area contributed by atoms with Crippen LogP contribution in [-0.4, -0.2) is 19.5 Å². The number of aromatic nitrogens is 4. The molecule has 51 heavy (non-hydrogen) atoms. The molecule has 238 valence electrons. The summed E-state index contributed by atoms with van der Waals surface area (Å²) in [7, 11) is 0. The Morgan fingerprint density at radius 3 is 1.76 bits per heavy atom. The fourth-order valence-corrected chi connectivity index (χ4v) is 7.55. The largest absolute Gasteiger partial charge is 0.456 e. The van der Waals surface area contributed by atoms with Crippen molar-refractivity contribution in [2.75, 3.05) is 0 Å². The number of para-hydroxylation sites is 3. The van der Waals surface area contributed by atoms with Gasteiger partial charge in [-0.15, -0.1) is 0 Å². The Morgan fingerprint density at radius 2 is 0.941 bits per heavy atom. The first-order chi connectivity index (χ1) is 25.3. The number of furan rings is 2. The molecule has 4 aromatic heterocycles. The lowest BCUT2D eigenvalue weighted by Gasteiger charge is -2.11. The molecule has 0 aliphatic rings. The van der Waals surface area contributed by atoms with E-state index in [1.807, 2.05) is 72.8 Å². The molecule has 0 bridgehead atoms. The van der Waals surface area contributed by atoms with Crippen LogP contribution in [0.3, 0.4) is 0 Å². The molecule has 0 saturated heterocycles. The molecule has 11 aromatic rings. The summed E-state index contributed by atoms with van der Waals surface area (Å²) in [5.74, 6) is 1.81. The molecule has 0 saturated carbocycles. The smallest absolute Gasteiger partial charge is 0.164 e. The van der Waals surface area contributed by atoms with E-state index in [0.717, 1.165) is 77.3 Å². The van der Waals surface area contributed by atoms with Gasteiger partial charge in [0.2, 0.25) is 0 Å². The number of nitrogens with zero attached hydrogens (tertiary/aromatic N) is 4. The molecule has 0 aliphatic heterocycles. The SMILES string of the molecule is c1ccc(-c2nc(-c3cccc(-n4c5ccccc5c5c6c(ccc54)oc4ccccc46)c3)nc(-c3ccc4oc5ccccc5c4c3)n2)cc1. The Hall–Kier alpha value is -7.05. The molecule has 0 aliphatic carbocycles. The lowest BCUT2D eigenvalue weighted by molar-refractivity contribution is 0.668. The number of fused-ring (bicyclic) bond motifs is 10. The van der Waals surface area contributed by atoms with Crippen molar-refractivity contribution in [3.05, 3.63) is 158 Å². The standard InChI is InChI=1S/C45H26N4O2/c1-2-11-27(12-3-1)43-46-44(48-45(47-43)29-21-23-39-34(26-29)31-15-5-8-19-37(31)50-39)28-13-10-14-30(25-28)49-35-18-7-4-16-32(35)41-36(49)22-24-40-42(41)33-17-6-9-20-38(33)51-40/h1-26H. The second-order valence-electron chi connectivity index (χ2n) is 12.8. The highest BCUT2D eigenvalue weighted by atomic mass is 16.3. The molecule has 11 rings (SSSR count). The molecule has 7 aromatic carbocycles. The van der Waals surface area contributed by atoms with Crippen LogP contribution in [0.1, 0.15) is 0 Å². The topological polar surface area (TPSA) is 69.9 Å². The van der Waals surface area contributed by atoms with Crippen molar-refractivity contribution < 1.29 is 8.83 Å². The fourth-order valence-electron chi connectivity index (χ4n) is 7.55. The molecule has 0 unspecified atom stereocenters. The Labute approximate surface area is 290 Å². The lowest BCUT2D eigenvalue weighted by Crippen LogP contribution is -2.01. The second-order valence-corrected chi connectivity index (χ2v) is 12.8. The predicted molar refractivity (Wildman–Crippen MR) is 205 cm³/mol. The van der Waals surface area contributed by atoms with Crippen molar-refractivity contribution in [3.8, 4) is 39.9 Å². The van der Waals surface area contributed by atoms with E-state index >= 15 is 0 Å². The van der Waals surface area contributed by atoms with Gasteiger partial charge >= 0.3 is 0 Å². The Morgan fingerprint density at radius 1 is 0.353 bits per heavy atom. The van der Waals surface area contributed by atoms with Crippen LogP contribution < -0.4 is 0 Å². The summed E-state index contributed by atoms with van der Waals surface area (Å²) in [5.41, 5.74) is 9.40. The zero-order chi connectivity index (χ0) is 33.5. The quantitative estimate of drug-likeness (QED) is 0.189. The number of rotatable bonds is 4. The van der Waals surface area contributed by atoms with Crippen LogP contribution in [0.5, 0.6) is 0 Å². The average Bonchev–Trinajstić information content (AvgIpc) is 3.87. The van der Waals surface area contributed by atoms with Gasteiger partial charge in [-0.2, -0.15) is 0 Å². The van der Waals surface area contributed by atoms with E-state index in [1.54, 1.807) is 0 Å². The average molecular weight is 655 g/mol. The highest BCUT2D eigenvalue weighted by molar-refractivity contribution is 6.27. The second kappa shape index (κ2) is 10.7. The normalized spacial score (nSPS) is 11.9. The van der Waals surface area contributed by atoms with Crippen LogP contribution in [0.15, 0.2) is 167 Å². The van der Waals surface area contributed by atoms with Crippen LogP contribution in [0.25, 0.3) is 106 Å². The van der Waals surface area contributed by atoms with E-state index in [9.17, 15) is 0 Å². The van der Waals surface area contributed by atoms with Gasteiger partial charge in [0.05, 0.1) is 11.0 Å². The maximum absolute atomic E-state index is 6.30. The monoisotopic (exact) mass is 654 g/mol. The lowest BCUT2D eigenvalue weighted by atomic mass is 10.1. The van der Waals surface area contributed by atoms with Gasteiger partial charge in [-0.1, -0.05) is 97.1 Å². The van der Waals surface area contributed by atoms with Crippen molar-refractivity contribution in [2.45, 2.75) is 0 Å². The molecular formula is C45H26N4O2. The van der Waals surface area contributed by atoms with E-state index < -0.39 is 0 Å². The summed E-state index contributed by atoms with van der Waals surface area (Å²) in [5, 5.41) is 6.68. The van der Waals surface area contributed by atoms with Gasteiger partial charge in [0.25, 0.3) is 0 Å². The third-order valence-corrected chi connectivity index (χ3v) is 9.84. The number of hydrogen-bond acceptors (Lipinski definition) is 5. The Balaban J connectivity index is 1.12. The molecule has 0 N–H and O–H groups in total. The van der Waals surface area contributed by atoms with Gasteiger partial charge in [0, 0.05) is 54.7 Å². The van der Waals surface area contributed by atoms with Crippen molar-refractivity contribution in [3.63, 3.8) is 0 Å². The van der Waals surface area contributed by atoms with E-state index in [4.69, 9.17) is 23.8 Å². The van der Waals surface area contributed by atoms with Crippen molar-refractivity contribution in [1.82, 2.24) is 19.5 Å². The summed E-state index contributed by atoms with van der Waals surface area (Å²) in [4.78, 5) is 15.2. The zero-order valence-corrected chi connectivity index (χ0v) is 27.1. The predicted octanol–water partition coefficient (Wildman–Crippen LogP) is 11.8. The van der Waals surface area contributed by atoms with E-state index in [2.05, 4.69) is 89.5 Å². The summed E-state index contributed by atoms with van der Waals surface area (Å²) < 4.78 is 14.7. The van der Waals surface area contributed by atoms with Crippen LogP contribution >= 0.6 is 0 Å². The van der Waals surface area contributed by atoms with Crippen molar-refractivity contribution >= 4 is 65.7 Å². The number of benzene rings is 7. The molecule has 0 atom stereocenters. The zero-order valence-electron chi connectivity index (χ0n) is 27.1. The van der Waals surface area contributed by atoms with Crippen LogP contribution in [-0.2, 0) is 0 Å². The van der Waals surface area contributed by atoms with Gasteiger partial charge < -0.3 is 13.4 Å². The van der Waals surface area contributed by atoms with E-state index in [0.29, 0.717) is 17.5 Å². The summed E-state index contributed by atoms with van der Waals surface area (Å²) in [6.45, 7) is 0.